The molecule has 1 nitrogen and oxygen atoms in total. The summed E-state index contributed by atoms with van der Waals surface area (Å²) in [4.78, 5) is 2.32. The topological polar surface area (TPSA) is 3.24 Å². The summed E-state index contributed by atoms with van der Waals surface area (Å²) in [6, 6.07) is 21.2. The Morgan fingerprint density at radius 3 is 1.79 bits per heavy atom. The number of benzene rings is 2. The highest BCUT2D eigenvalue weighted by molar-refractivity contribution is 8.83. The second kappa shape index (κ2) is 14.9. The average molecular weight is 432 g/mol. The van der Waals surface area contributed by atoms with Crippen molar-refractivity contribution in [1.29, 1.82) is 0 Å². The summed E-state index contributed by atoms with van der Waals surface area (Å²) in [6.45, 7) is 3.99. The zero-order chi connectivity index (χ0) is 19.9. The monoisotopic (exact) mass is 431 g/mol. The van der Waals surface area contributed by atoms with E-state index in [-0.39, 0.29) is 0 Å². The smallest absolute Gasteiger partial charge is 0.147 e. The van der Waals surface area contributed by atoms with Gasteiger partial charge in [-0.15, -0.1) is 0 Å². The van der Waals surface area contributed by atoms with Gasteiger partial charge in [0, 0.05) is 18.8 Å². The average Bonchev–Trinajstić information content (AvgIpc) is 2.73. The minimum atomic E-state index is 0.861. The van der Waals surface area contributed by atoms with Crippen molar-refractivity contribution >= 4 is 38.1 Å². The molecule has 28 heavy (non-hydrogen) atoms. The largest absolute Gasteiger partial charge is 0.348 e. The quantitative estimate of drug-likeness (QED) is 0.179. The zero-order valence-corrected chi connectivity index (χ0v) is 19.5. The van der Waals surface area contributed by atoms with Gasteiger partial charge in [0.1, 0.15) is 4.32 Å². The highest BCUT2D eigenvalue weighted by Gasteiger charge is 2.12. The molecule has 0 aliphatic carbocycles. The Labute approximate surface area is 185 Å². The van der Waals surface area contributed by atoms with Crippen molar-refractivity contribution < 1.29 is 0 Å². The second-order valence-corrected chi connectivity index (χ2v) is 10.2. The van der Waals surface area contributed by atoms with Gasteiger partial charge in [0.05, 0.1) is 0 Å². The summed E-state index contributed by atoms with van der Waals surface area (Å²) in [6.07, 6.45) is 9.53. The molecule has 2 aromatic rings. The van der Waals surface area contributed by atoms with Gasteiger partial charge in [-0.05, 0) is 28.3 Å². The normalized spacial score (nSPS) is 10.8. The predicted molar refractivity (Wildman–Crippen MR) is 133 cm³/mol. The highest BCUT2D eigenvalue weighted by Crippen LogP contribution is 2.28. The molecule has 0 radical (unpaired) electrons. The van der Waals surface area contributed by atoms with Gasteiger partial charge in [0.2, 0.25) is 0 Å². The molecule has 0 saturated carbocycles. The molecule has 0 spiro atoms. The van der Waals surface area contributed by atoms with E-state index in [1.54, 1.807) is 10.8 Å². The predicted octanol–water partition coefficient (Wildman–Crippen LogP) is 8.11. The highest BCUT2D eigenvalue weighted by atomic mass is 33.1. The summed E-state index contributed by atoms with van der Waals surface area (Å²) in [5.41, 5.74) is 2.61. The van der Waals surface area contributed by atoms with Crippen molar-refractivity contribution in [2.75, 3.05) is 5.75 Å². The van der Waals surface area contributed by atoms with Crippen LogP contribution in [0.3, 0.4) is 0 Å². The van der Waals surface area contributed by atoms with Crippen molar-refractivity contribution in [3.05, 3.63) is 71.8 Å². The summed E-state index contributed by atoms with van der Waals surface area (Å²) < 4.78 is 0.987. The molecule has 0 atom stereocenters. The third-order valence-electron chi connectivity index (χ3n) is 4.65. The Morgan fingerprint density at radius 2 is 1.25 bits per heavy atom. The van der Waals surface area contributed by atoms with E-state index in [0.29, 0.717) is 0 Å². The number of hydrogen-bond donors (Lipinski definition) is 0. The summed E-state index contributed by atoms with van der Waals surface area (Å²) in [7, 11) is 3.68. The maximum Gasteiger partial charge on any atom is 0.147 e. The molecule has 0 N–H and O–H groups in total. The summed E-state index contributed by atoms with van der Waals surface area (Å²) in [5, 5.41) is 0. The molecular weight excluding hydrogens is 398 g/mol. The number of hydrogen-bond acceptors (Lipinski definition) is 3. The van der Waals surface area contributed by atoms with Crippen molar-refractivity contribution in [3.63, 3.8) is 0 Å². The van der Waals surface area contributed by atoms with E-state index in [9.17, 15) is 0 Å². The maximum atomic E-state index is 5.79. The summed E-state index contributed by atoms with van der Waals surface area (Å²) in [5.74, 6) is 1.18. The molecule has 2 aromatic carbocycles. The second-order valence-electron chi connectivity index (χ2n) is 7.12. The lowest BCUT2D eigenvalue weighted by molar-refractivity contribution is 0.421. The van der Waals surface area contributed by atoms with E-state index in [2.05, 4.69) is 72.5 Å². The third-order valence-corrected chi connectivity index (χ3v) is 7.78. The van der Waals surface area contributed by atoms with Gasteiger partial charge in [0.15, 0.2) is 0 Å². The van der Waals surface area contributed by atoms with Gasteiger partial charge < -0.3 is 4.90 Å². The zero-order valence-electron chi connectivity index (χ0n) is 17.0. The van der Waals surface area contributed by atoms with Crippen molar-refractivity contribution in [2.45, 2.75) is 65.0 Å². The van der Waals surface area contributed by atoms with E-state index >= 15 is 0 Å². The van der Waals surface area contributed by atoms with Crippen LogP contribution in [0, 0.1) is 0 Å². The first kappa shape index (κ1) is 23.3. The molecule has 0 saturated heterocycles. The lowest BCUT2D eigenvalue weighted by Crippen LogP contribution is -2.26. The van der Waals surface area contributed by atoms with E-state index < -0.39 is 0 Å². The fourth-order valence-corrected chi connectivity index (χ4v) is 5.58. The van der Waals surface area contributed by atoms with Crippen LogP contribution in [-0.2, 0) is 13.1 Å². The van der Waals surface area contributed by atoms with E-state index in [1.165, 1.54) is 61.8 Å². The first-order chi connectivity index (χ1) is 13.8. The number of rotatable bonds is 13. The molecule has 0 fully saturated rings. The van der Waals surface area contributed by atoms with Crippen molar-refractivity contribution in [2.24, 2.45) is 0 Å². The van der Waals surface area contributed by atoms with Crippen LogP contribution in [0.4, 0.5) is 0 Å². The van der Waals surface area contributed by atoms with Crippen LogP contribution in [0.15, 0.2) is 60.7 Å². The van der Waals surface area contributed by atoms with Crippen molar-refractivity contribution in [1.82, 2.24) is 4.90 Å². The number of nitrogens with zero attached hydrogens (tertiary/aromatic N) is 1. The fourth-order valence-electron chi connectivity index (χ4n) is 3.06. The molecule has 0 aromatic heterocycles. The SMILES string of the molecule is CCCCCCCCCSSC(=S)N(Cc1ccccc1)Cc1ccccc1. The third kappa shape index (κ3) is 9.99. The molecule has 152 valence electrons. The van der Waals surface area contributed by atoms with Crippen molar-refractivity contribution in [3.8, 4) is 0 Å². The Kier molecular flexibility index (Phi) is 12.4. The van der Waals surface area contributed by atoms with Crippen LogP contribution in [0.2, 0.25) is 0 Å². The van der Waals surface area contributed by atoms with E-state index in [1.807, 2.05) is 10.8 Å². The molecule has 0 amide bonds. The Morgan fingerprint density at radius 1 is 0.750 bits per heavy atom. The molecule has 0 aliphatic heterocycles. The number of thiocarbonyl (C=S) groups is 1. The standard InChI is InChI=1S/C24H33NS3/c1-2-3-4-5-6-7-14-19-27-28-24(26)25(20-22-15-10-8-11-16-22)21-23-17-12-9-13-18-23/h8-13,15-18H,2-7,14,19-21H2,1H3. The van der Waals surface area contributed by atoms with E-state index in [0.717, 1.165) is 17.4 Å². The van der Waals surface area contributed by atoms with Crippen LogP contribution >= 0.6 is 33.8 Å². The minimum Gasteiger partial charge on any atom is -0.348 e. The molecule has 2 rings (SSSR count). The van der Waals surface area contributed by atoms with Gasteiger partial charge in [-0.1, -0.05) is 129 Å². The molecule has 0 bridgehead atoms. The lowest BCUT2D eigenvalue weighted by Gasteiger charge is -2.25. The van der Waals surface area contributed by atoms with Gasteiger partial charge in [-0.25, -0.2) is 0 Å². The first-order valence-corrected chi connectivity index (χ1v) is 13.2. The maximum absolute atomic E-state index is 5.79. The van der Waals surface area contributed by atoms with Crippen LogP contribution in [0.1, 0.15) is 63.0 Å². The van der Waals surface area contributed by atoms with Crippen LogP contribution in [0.5, 0.6) is 0 Å². The van der Waals surface area contributed by atoms with Crippen LogP contribution in [0.25, 0.3) is 0 Å². The Bertz CT molecular complexity index is 604. The number of unbranched alkanes of at least 4 members (excludes halogenated alkanes) is 6. The Hall–Kier alpha value is -0.970. The molecule has 4 heteroatoms. The van der Waals surface area contributed by atoms with Crippen LogP contribution in [-0.4, -0.2) is 15.0 Å². The fraction of sp³-hybridized carbons (Fsp3) is 0.458. The van der Waals surface area contributed by atoms with E-state index in [4.69, 9.17) is 12.2 Å². The molecule has 0 unspecified atom stereocenters. The van der Waals surface area contributed by atoms with Gasteiger partial charge in [-0.2, -0.15) is 0 Å². The van der Waals surface area contributed by atoms with Gasteiger partial charge >= 0.3 is 0 Å². The minimum absolute atomic E-state index is 0.861. The van der Waals surface area contributed by atoms with Crippen LogP contribution < -0.4 is 0 Å². The summed E-state index contributed by atoms with van der Waals surface area (Å²) >= 11 is 5.79. The van der Waals surface area contributed by atoms with Gasteiger partial charge in [0.25, 0.3) is 0 Å². The molecule has 0 aliphatic rings. The van der Waals surface area contributed by atoms with Gasteiger partial charge in [-0.3, -0.25) is 0 Å². The first-order valence-electron chi connectivity index (χ1n) is 10.5. The molecular formula is C24H33NS3. The lowest BCUT2D eigenvalue weighted by atomic mass is 10.1. The molecule has 0 heterocycles. The Balaban J connectivity index is 1.75.